The second-order valence-electron chi connectivity index (χ2n) is 6.39. The highest BCUT2D eigenvalue weighted by Gasteiger charge is 2.15. The zero-order valence-corrected chi connectivity index (χ0v) is 16.1. The average Bonchev–Trinajstić information content (AvgIpc) is 3.35. The average molecular weight is 388 g/mol. The molecule has 0 atom stereocenters. The fraction of sp³-hybridized carbons (Fsp3) is 0.444. The molecule has 26 heavy (non-hydrogen) atoms. The van der Waals surface area contributed by atoms with E-state index in [-0.39, 0.29) is 5.91 Å². The summed E-state index contributed by atoms with van der Waals surface area (Å²) in [6.07, 6.45) is 5.67. The monoisotopic (exact) mass is 387 g/mol. The number of nitrogens with one attached hydrogen (secondary N) is 1. The van der Waals surface area contributed by atoms with E-state index in [4.69, 9.17) is 0 Å². The third kappa shape index (κ3) is 4.02. The van der Waals surface area contributed by atoms with Crippen LogP contribution in [0.4, 0.5) is 0 Å². The lowest BCUT2D eigenvalue weighted by atomic mass is 10.2. The van der Waals surface area contributed by atoms with Gasteiger partial charge in [0, 0.05) is 31.3 Å². The second kappa shape index (κ2) is 8.09. The van der Waals surface area contributed by atoms with Crippen LogP contribution in [0, 0.1) is 0 Å². The van der Waals surface area contributed by atoms with Crippen molar-refractivity contribution in [1.82, 2.24) is 25.1 Å². The van der Waals surface area contributed by atoms with Crippen molar-refractivity contribution in [3.05, 3.63) is 40.2 Å². The summed E-state index contributed by atoms with van der Waals surface area (Å²) < 4.78 is 2.23. The number of aromatic nitrogens is 4. The third-order valence-electron chi connectivity index (χ3n) is 4.48. The molecule has 4 heterocycles. The van der Waals surface area contributed by atoms with Crippen molar-refractivity contribution in [3.8, 4) is 9.88 Å². The Labute approximate surface area is 160 Å². The number of hydrogen-bond donors (Lipinski definition) is 1. The van der Waals surface area contributed by atoms with Crippen LogP contribution >= 0.6 is 22.7 Å². The molecule has 6 nitrogen and oxygen atoms in total. The Balaban J connectivity index is 1.28. The van der Waals surface area contributed by atoms with E-state index in [0.29, 0.717) is 13.0 Å². The lowest BCUT2D eigenvalue weighted by Gasteiger charge is -2.07. The molecule has 4 rings (SSSR count). The molecule has 0 bridgehead atoms. The molecule has 0 saturated carbocycles. The molecule has 1 amide bonds. The van der Waals surface area contributed by atoms with Gasteiger partial charge in [-0.05, 0) is 24.3 Å². The van der Waals surface area contributed by atoms with Gasteiger partial charge in [-0.2, -0.15) is 0 Å². The molecular formula is C18H21N5OS2. The van der Waals surface area contributed by atoms with Crippen LogP contribution in [-0.4, -0.2) is 32.2 Å². The molecule has 3 aromatic rings. The predicted molar refractivity (Wildman–Crippen MR) is 103 cm³/mol. The molecule has 3 aromatic heterocycles. The molecule has 0 radical (unpaired) electrons. The van der Waals surface area contributed by atoms with Crippen molar-refractivity contribution < 1.29 is 4.79 Å². The Kier molecular flexibility index (Phi) is 5.40. The number of carbonyl (C=O) groups is 1. The van der Waals surface area contributed by atoms with Crippen molar-refractivity contribution in [3.63, 3.8) is 0 Å². The van der Waals surface area contributed by atoms with Crippen LogP contribution in [0.5, 0.6) is 0 Å². The highest BCUT2D eigenvalue weighted by atomic mass is 32.1. The van der Waals surface area contributed by atoms with E-state index in [1.54, 1.807) is 22.7 Å². The van der Waals surface area contributed by atoms with Crippen LogP contribution < -0.4 is 5.32 Å². The molecule has 0 aromatic carbocycles. The second-order valence-corrected chi connectivity index (χ2v) is 8.20. The topological polar surface area (TPSA) is 72.7 Å². The maximum atomic E-state index is 12.2. The Morgan fingerprint density at radius 1 is 1.23 bits per heavy atom. The first-order valence-corrected chi connectivity index (χ1v) is 10.7. The van der Waals surface area contributed by atoms with Gasteiger partial charge < -0.3 is 9.88 Å². The summed E-state index contributed by atoms with van der Waals surface area (Å²) in [7, 11) is 0. The van der Waals surface area contributed by atoms with E-state index in [9.17, 15) is 4.79 Å². The standard InChI is InChI=1S/C18H21N5OS2/c24-17(11-13-12-26-18(20-13)14-5-4-10-25-14)19-8-7-16-22-21-15-6-2-1-3-9-23(15)16/h4-5,10,12H,1-3,6-9,11H2,(H,19,24). The molecule has 1 aliphatic heterocycles. The highest BCUT2D eigenvalue weighted by molar-refractivity contribution is 7.20. The van der Waals surface area contributed by atoms with Crippen molar-refractivity contribution in [2.45, 2.75) is 45.1 Å². The van der Waals surface area contributed by atoms with Crippen molar-refractivity contribution in [2.75, 3.05) is 6.54 Å². The smallest absolute Gasteiger partial charge is 0.226 e. The van der Waals surface area contributed by atoms with Gasteiger partial charge in [-0.25, -0.2) is 4.98 Å². The lowest BCUT2D eigenvalue weighted by Crippen LogP contribution is -2.28. The Bertz CT molecular complexity index is 868. The number of rotatable bonds is 6. The van der Waals surface area contributed by atoms with Crippen molar-refractivity contribution in [2.24, 2.45) is 0 Å². The van der Waals surface area contributed by atoms with Gasteiger partial charge in [0.25, 0.3) is 0 Å². The van der Waals surface area contributed by atoms with E-state index < -0.39 is 0 Å². The first-order chi connectivity index (χ1) is 12.8. The first kappa shape index (κ1) is 17.4. The van der Waals surface area contributed by atoms with Crippen molar-refractivity contribution >= 4 is 28.6 Å². The van der Waals surface area contributed by atoms with Gasteiger partial charge >= 0.3 is 0 Å². The quantitative estimate of drug-likeness (QED) is 0.705. The van der Waals surface area contributed by atoms with Gasteiger partial charge in [0.15, 0.2) is 0 Å². The van der Waals surface area contributed by atoms with E-state index in [1.807, 2.05) is 16.8 Å². The first-order valence-electron chi connectivity index (χ1n) is 8.95. The molecule has 0 aliphatic carbocycles. The van der Waals surface area contributed by atoms with Crippen LogP contribution in [0.1, 0.15) is 36.6 Å². The van der Waals surface area contributed by atoms with Gasteiger partial charge in [-0.1, -0.05) is 12.5 Å². The van der Waals surface area contributed by atoms with E-state index in [1.165, 1.54) is 19.3 Å². The Morgan fingerprint density at radius 2 is 2.19 bits per heavy atom. The number of amides is 1. The molecule has 0 spiro atoms. The minimum atomic E-state index is 0.00337. The number of carbonyl (C=O) groups excluding carboxylic acids is 1. The summed E-state index contributed by atoms with van der Waals surface area (Å²) in [5, 5.41) is 16.6. The molecule has 0 unspecified atom stereocenters. The maximum Gasteiger partial charge on any atom is 0.226 e. The Hall–Kier alpha value is -2.06. The van der Waals surface area contributed by atoms with Gasteiger partial charge in [-0.15, -0.1) is 32.9 Å². The molecule has 0 fully saturated rings. The molecule has 8 heteroatoms. The van der Waals surface area contributed by atoms with E-state index in [2.05, 4.69) is 31.1 Å². The van der Waals surface area contributed by atoms with Crippen LogP contribution in [0.25, 0.3) is 9.88 Å². The number of hydrogen-bond acceptors (Lipinski definition) is 6. The highest BCUT2D eigenvalue weighted by Crippen LogP contribution is 2.27. The maximum absolute atomic E-state index is 12.2. The van der Waals surface area contributed by atoms with Crippen LogP contribution in [0.3, 0.4) is 0 Å². The lowest BCUT2D eigenvalue weighted by molar-refractivity contribution is -0.120. The molecule has 1 aliphatic rings. The zero-order chi connectivity index (χ0) is 17.8. The number of aryl methyl sites for hydroxylation is 1. The normalized spacial score (nSPS) is 14.0. The predicted octanol–water partition coefficient (Wildman–Crippen LogP) is 3.09. The molecular weight excluding hydrogens is 366 g/mol. The SMILES string of the molecule is O=C(Cc1csc(-c2cccs2)n1)NCCc1nnc2n1CCCCC2. The summed E-state index contributed by atoms with van der Waals surface area (Å²) in [5.74, 6) is 2.08. The van der Waals surface area contributed by atoms with Gasteiger partial charge in [0.2, 0.25) is 5.91 Å². The number of fused-ring (bicyclic) bond motifs is 1. The summed E-state index contributed by atoms with van der Waals surface area (Å²) in [5.41, 5.74) is 0.826. The number of thiazole rings is 1. The summed E-state index contributed by atoms with van der Waals surface area (Å²) >= 11 is 3.25. The minimum Gasteiger partial charge on any atom is -0.355 e. The summed E-state index contributed by atoms with van der Waals surface area (Å²) in [6.45, 7) is 1.58. The van der Waals surface area contributed by atoms with Gasteiger partial charge in [0.1, 0.15) is 16.7 Å². The number of nitrogens with zero attached hydrogens (tertiary/aromatic N) is 4. The minimum absolute atomic E-state index is 0.00337. The molecule has 136 valence electrons. The van der Waals surface area contributed by atoms with E-state index >= 15 is 0 Å². The van der Waals surface area contributed by atoms with Crippen molar-refractivity contribution in [1.29, 1.82) is 0 Å². The summed E-state index contributed by atoms with van der Waals surface area (Å²) in [6, 6.07) is 4.06. The zero-order valence-electron chi connectivity index (χ0n) is 14.5. The van der Waals surface area contributed by atoms with Gasteiger partial charge in [0.05, 0.1) is 17.0 Å². The van der Waals surface area contributed by atoms with E-state index in [0.717, 1.165) is 46.6 Å². The molecule has 0 saturated heterocycles. The fourth-order valence-electron chi connectivity index (χ4n) is 3.17. The van der Waals surface area contributed by atoms with Crippen LogP contribution in [-0.2, 0) is 30.6 Å². The third-order valence-corrected chi connectivity index (χ3v) is 6.41. The fourth-order valence-corrected chi connectivity index (χ4v) is 4.81. The number of thiophene rings is 1. The molecule has 1 N–H and O–H groups in total. The van der Waals surface area contributed by atoms with Gasteiger partial charge in [-0.3, -0.25) is 4.79 Å². The van der Waals surface area contributed by atoms with Crippen LogP contribution in [0.2, 0.25) is 0 Å². The summed E-state index contributed by atoms with van der Waals surface area (Å²) in [4.78, 5) is 17.9. The van der Waals surface area contributed by atoms with Crippen LogP contribution in [0.15, 0.2) is 22.9 Å². The Morgan fingerprint density at radius 3 is 3.08 bits per heavy atom. The largest absolute Gasteiger partial charge is 0.355 e.